The maximum atomic E-state index is 12.9. The zero-order valence-corrected chi connectivity index (χ0v) is 19.4. The highest BCUT2D eigenvalue weighted by atomic mass is 35.5. The molecule has 30 heavy (non-hydrogen) atoms. The first kappa shape index (κ1) is 28.7. The predicted molar refractivity (Wildman–Crippen MR) is 118 cm³/mol. The average molecular weight is 450 g/mol. The Morgan fingerprint density at radius 2 is 1.40 bits per heavy atom. The molecule has 2 fully saturated rings. The summed E-state index contributed by atoms with van der Waals surface area (Å²) in [5, 5.41) is 15.4. The number of likely N-dealkylation sites (N-methyl/N-ethyl adjacent to an activating group) is 1. The van der Waals surface area contributed by atoms with Gasteiger partial charge in [-0.1, -0.05) is 52.4 Å². The first-order valence-corrected chi connectivity index (χ1v) is 11.2. The highest BCUT2D eigenvalue weighted by Gasteiger charge is 2.47. The van der Waals surface area contributed by atoms with Crippen molar-refractivity contribution in [3.63, 3.8) is 0 Å². The van der Waals surface area contributed by atoms with E-state index in [0.29, 0.717) is 12.5 Å². The van der Waals surface area contributed by atoms with E-state index in [1.165, 1.54) is 51.4 Å². The molecule has 0 amide bonds. The maximum Gasteiger partial charge on any atom is 0.314 e. The van der Waals surface area contributed by atoms with Gasteiger partial charge in [0.05, 0.1) is 5.41 Å². The van der Waals surface area contributed by atoms with Gasteiger partial charge >= 0.3 is 17.9 Å². The van der Waals surface area contributed by atoms with Crippen molar-refractivity contribution in [2.75, 3.05) is 26.2 Å². The summed E-state index contributed by atoms with van der Waals surface area (Å²) < 4.78 is 5.79. The highest BCUT2D eigenvalue weighted by molar-refractivity contribution is 5.88. The van der Waals surface area contributed by atoms with Crippen LogP contribution in [0.25, 0.3) is 0 Å². The Kier molecular flexibility index (Phi) is 14.8. The molecular weight excluding hydrogens is 410 g/mol. The maximum absolute atomic E-state index is 12.9. The van der Waals surface area contributed by atoms with Crippen LogP contribution >= 0.6 is 12.4 Å². The van der Waals surface area contributed by atoms with E-state index in [9.17, 15) is 14.4 Å². The van der Waals surface area contributed by atoms with Crippen LogP contribution in [0.4, 0.5) is 0 Å². The first-order valence-electron chi connectivity index (χ1n) is 11.2. The van der Waals surface area contributed by atoms with Crippen molar-refractivity contribution in [2.24, 2.45) is 11.3 Å². The molecule has 0 aromatic rings. The Bertz CT molecular complexity index is 500. The average Bonchev–Trinajstić information content (AvgIpc) is 2.71. The first-order chi connectivity index (χ1) is 13.9. The standard InChI is InChI=1S/C19H35NO2.C3H4O4.ClH/c1-3-20(4-2)15-16-22-18(21)19(13-9-6-10-14-19)17-11-7-5-8-12-17;4-2(5)1-3(6)7;/h17H,3-16H2,1-2H3;1H2,(H,4,5)(H,6,7);1H. The third-order valence-electron chi connectivity index (χ3n) is 6.38. The van der Waals surface area contributed by atoms with Gasteiger partial charge in [0, 0.05) is 6.54 Å². The van der Waals surface area contributed by atoms with E-state index in [4.69, 9.17) is 14.9 Å². The molecule has 0 saturated heterocycles. The van der Waals surface area contributed by atoms with Gasteiger partial charge in [-0.05, 0) is 44.7 Å². The third kappa shape index (κ3) is 9.65. The number of rotatable bonds is 9. The number of nitrogens with zero attached hydrogens (tertiary/aromatic N) is 1. The molecule has 2 N–H and O–H groups in total. The number of esters is 1. The molecule has 0 unspecified atom stereocenters. The van der Waals surface area contributed by atoms with Crippen LogP contribution in [-0.2, 0) is 19.1 Å². The molecule has 2 saturated carbocycles. The lowest BCUT2D eigenvalue weighted by Gasteiger charge is -2.43. The van der Waals surface area contributed by atoms with Crippen LogP contribution < -0.4 is 0 Å². The fourth-order valence-corrected chi connectivity index (χ4v) is 4.70. The monoisotopic (exact) mass is 449 g/mol. The summed E-state index contributed by atoms with van der Waals surface area (Å²) >= 11 is 0. The lowest BCUT2D eigenvalue weighted by molar-refractivity contribution is -0.164. The zero-order chi connectivity index (χ0) is 21.7. The molecule has 2 aliphatic rings. The van der Waals surface area contributed by atoms with Crippen LogP contribution in [0.3, 0.4) is 0 Å². The second-order valence-corrected chi connectivity index (χ2v) is 8.18. The van der Waals surface area contributed by atoms with E-state index in [1.54, 1.807) is 0 Å². The van der Waals surface area contributed by atoms with Crippen LogP contribution in [0.1, 0.15) is 84.5 Å². The number of carboxylic acid groups (broad SMARTS) is 2. The summed E-state index contributed by atoms with van der Waals surface area (Å²) in [5.74, 6) is -1.91. The number of carbonyl (C=O) groups excluding carboxylic acids is 1. The molecule has 0 aromatic carbocycles. The van der Waals surface area contributed by atoms with Crippen LogP contribution in [-0.4, -0.2) is 59.3 Å². The van der Waals surface area contributed by atoms with Crippen molar-refractivity contribution >= 4 is 30.3 Å². The van der Waals surface area contributed by atoms with Crippen molar-refractivity contribution in [1.82, 2.24) is 4.90 Å². The van der Waals surface area contributed by atoms with Gasteiger partial charge in [0.25, 0.3) is 0 Å². The van der Waals surface area contributed by atoms with E-state index in [1.807, 2.05) is 0 Å². The largest absolute Gasteiger partial charge is 0.481 e. The van der Waals surface area contributed by atoms with Gasteiger partial charge in [-0.3, -0.25) is 14.4 Å². The topological polar surface area (TPSA) is 104 Å². The molecule has 2 aliphatic carbocycles. The van der Waals surface area contributed by atoms with Gasteiger partial charge < -0.3 is 19.8 Å². The molecule has 0 aromatic heterocycles. The summed E-state index contributed by atoms with van der Waals surface area (Å²) in [6.45, 7) is 7.82. The predicted octanol–water partition coefficient (Wildman–Crippen LogP) is 4.37. The molecule has 0 spiro atoms. The van der Waals surface area contributed by atoms with E-state index < -0.39 is 18.4 Å². The fraction of sp³-hybridized carbons (Fsp3) is 0.864. The SMILES string of the molecule is CCN(CC)CCOC(=O)C1(C2CCCCC2)CCCCC1.Cl.O=C(O)CC(=O)O. The van der Waals surface area contributed by atoms with Gasteiger partial charge in [0.15, 0.2) is 0 Å². The Balaban J connectivity index is 0.000000909. The number of halogens is 1. The number of aliphatic carboxylic acids is 2. The number of carboxylic acids is 2. The van der Waals surface area contributed by atoms with Gasteiger partial charge in [0.2, 0.25) is 0 Å². The van der Waals surface area contributed by atoms with Crippen LogP contribution in [0, 0.1) is 11.3 Å². The minimum absolute atomic E-state index is 0. The third-order valence-corrected chi connectivity index (χ3v) is 6.38. The summed E-state index contributed by atoms with van der Waals surface area (Å²) in [4.78, 5) is 34.1. The van der Waals surface area contributed by atoms with Crippen molar-refractivity contribution in [3.8, 4) is 0 Å². The summed E-state index contributed by atoms with van der Waals surface area (Å²) in [7, 11) is 0. The Morgan fingerprint density at radius 3 is 1.83 bits per heavy atom. The molecule has 7 nitrogen and oxygen atoms in total. The summed E-state index contributed by atoms with van der Waals surface area (Å²) in [6.07, 6.45) is 11.5. The molecule has 176 valence electrons. The quantitative estimate of drug-likeness (QED) is 0.397. The number of carbonyl (C=O) groups is 3. The van der Waals surface area contributed by atoms with E-state index in [-0.39, 0.29) is 23.8 Å². The lowest BCUT2D eigenvalue weighted by atomic mass is 9.62. The van der Waals surface area contributed by atoms with Crippen molar-refractivity contribution in [2.45, 2.75) is 84.5 Å². The number of hydrogen-bond donors (Lipinski definition) is 2. The molecule has 0 radical (unpaired) electrons. The van der Waals surface area contributed by atoms with E-state index in [2.05, 4.69) is 18.7 Å². The number of ether oxygens (including phenoxy) is 1. The van der Waals surface area contributed by atoms with Crippen molar-refractivity contribution < 1.29 is 29.3 Å². The smallest absolute Gasteiger partial charge is 0.314 e. The molecule has 0 heterocycles. The molecule has 0 atom stereocenters. The van der Waals surface area contributed by atoms with E-state index in [0.717, 1.165) is 32.5 Å². The second kappa shape index (κ2) is 15.5. The molecule has 0 aliphatic heterocycles. The highest BCUT2D eigenvalue weighted by Crippen LogP contribution is 2.49. The normalized spacial score (nSPS) is 18.5. The van der Waals surface area contributed by atoms with Gasteiger partial charge in [-0.15, -0.1) is 12.4 Å². The Hall–Kier alpha value is -1.34. The minimum atomic E-state index is -1.31. The van der Waals surface area contributed by atoms with Crippen LogP contribution in [0.5, 0.6) is 0 Å². The van der Waals surface area contributed by atoms with E-state index >= 15 is 0 Å². The van der Waals surface area contributed by atoms with Gasteiger partial charge in [-0.2, -0.15) is 0 Å². The van der Waals surface area contributed by atoms with Crippen LogP contribution in [0.15, 0.2) is 0 Å². The molecule has 0 bridgehead atoms. The second-order valence-electron chi connectivity index (χ2n) is 8.18. The summed E-state index contributed by atoms with van der Waals surface area (Å²) in [5.41, 5.74) is -0.137. The Morgan fingerprint density at radius 1 is 0.900 bits per heavy atom. The van der Waals surface area contributed by atoms with Gasteiger partial charge in [0.1, 0.15) is 13.0 Å². The summed E-state index contributed by atoms with van der Waals surface area (Å²) in [6, 6.07) is 0. The van der Waals surface area contributed by atoms with Crippen molar-refractivity contribution in [3.05, 3.63) is 0 Å². The molecule has 8 heteroatoms. The van der Waals surface area contributed by atoms with Gasteiger partial charge in [-0.25, -0.2) is 0 Å². The number of hydrogen-bond acceptors (Lipinski definition) is 5. The van der Waals surface area contributed by atoms with Crippen LogP contribution in [0.2, 0.25) is 0 Å². The van der Waals surface area contributed by atoms with Crippen molar-refractivity contribution in [1.29, 1.82) is 0 Å². The molecular formula is C22H40ClNO6. The Labute approximate surface area is 186 Å². The fourth-order valence-electron chi connectivity index (χ4n) is 4.70. The molecule has 2 rings (SSSR count). The zero-order valence-electron chi connectivity index (χ0n) is 18.6. The lowest BCUT2D eigenvalue weighted by Crippen LogP contribution is -2.43. The minimum Gasteiger partial charge on any atom is -0.481 e.